The molecule has 158 valence electrons. The quantitative estimate of drug-likeness (QED) is 0.594. The van der Waals surface area contributed by atoms with E-state index in [4.69, 9.17) is 9.47 Å². The summed E-state index contributed by atoms with van der Waals surface area (Å²) in [5.74, 6) is 1.57. The van der Waals surface area contributed by atoms with Crippen LogP contribution in [-0.4, -0.2) is 35.7 Å². The van der Waals surface area contributed by atoms with Gasteiger partial charge in [0.2, 0.25) is 5.91 Å². The molecule has 1 aromatic rings. The fourth-order valence-corrected chi connectivity index (χ4v) is 4.38. The molecule has 2 rings (SSSR count). The number of hydrogen-bond acceptors (Lipinski definition) is 3. The summed E-state index contributed by atoms with van der Waals surface area (Å²) in [4.78, 5) is 14.3. The minimum absolute atomic E-state index is 0.0875. The number of rotatable bonds is 8. The van der Waals surface area contributed by atoms with Crippen LogP contribution in [0, 0.1) is 11.3 Å². The van der Waals surface area contributed by atoms with Crippen LogP contribution in [-0.2, 0) is 16.1 Å². The third-order valence-corrected chi connectivity index (χ3v) is 6.09. The fraction of sp³-hybridized carbons (Fsp3) is 0.708. The molecule has 0 bridgehead atoms. The Labute approximate surface area is 171 Å². The molecular weight excluding hydrogens is 350 g/mol. The summed E-state index contributed by atoms with van der Waals surface area (Å²) in [6, 6.07) is 8.10. The molecule has 1 atom stereocenters. The number of carbonyl (C=O) groups is 1. The predicted molar refractivity (Wildman–Crippen MR) is 114 cm³/mol. The lowest BCUT2D eigenvalue weighted by atomic mass is 9.65. The molecule has 1 unspecified atom stereocenters. The van der Waals surface area contributed by atoms with Gasteiger partial charge in [-0.3, -0.25) is 4.79 Å². The lowest BCUT2D eigenvalue weighted by Gasteiger charge is -2.48. The Kier molecular flexibility index (Phi) is 7.55. The van der Waals surface area contributed by atoms with Crippen molar-refractivity contribution in [1.29, 1.82) is 0 Å². The molecule has 1 heterocycles. The van der Waals surface area contributed by atoms with Crippen molar-refractivity contribution in [1.82, 2.24) is 4.90 Å². The summed E-state index contributed by atoms with van der Waals surface area (Å²) in [7, 11) is 0. The van der Waals surface area contributed by atoms with E-state index in [2.05, 4.69) is 39.8 Å². The maximum atomic E-state index is 12.3. The number of carbonyl (C=O) groups excluding carboxylic acids is 1. The Morgan fingerprint density at radius 3 is 2.32 bits per heavy atom. The standard InChI is InChI=1S/C24H39NO3/c1-18(2)24(13-15-27-23(6,7)17-24)12-14-25(20(5)26)16-21-8-10-22(11-9-21)28-19(3)4/h8-11,18-19H,12-17H2,1-7H3. The van der Waals surface area contributed by atoms with Crippen molar-refractivity contribution in [2.45, 2.75) is 86.0 Å². The molecule has 1 aliphatic heterocycles. The van der Waals surface area contributed by atoms with Gasteiger partial charge in [-0.05, 0) is 76.0 Å². The first-order valence-electron chi connectivity index (χ1n) is 10.7. The SMILES string of the molecule is CC(=O)N(CCC1(C(C)C)CCOC(C)(C)C1)Cc1ccc(OC(C)C)cc1. The molecule has 0 radical (unpaired) electrons. The summed E-state index contributed by atoms with van der Waals surface area (Å²) < 4.78 is 11.7. The molecule has 0 saturated carbocycles. The Morgan fingerprint density at radius 1 is 1.18 bits per heavy atom. The predicted octanol–water partition coefficient (Wildman–Crippen LogP) is 5.44. The third-order valence-electron chi connectivity index (χ3n) is 6.09. The minimum Gasteiger partial charge on any atom is -0.491 e. The second-order valence-corrected chi connectivity index (χ2v) is 9.55. The van der Waals surface area contributed by atoms with Crippen LogP contribution in [0.15, 0.2) is 24.3 Å². The van der Waals surface area contributed by atoms with Gasteiger partial charge in [0.25, 0.3) is 0 Å². The summed E-state index contributed by atoms with van der Waals surface area (Å²) in [6.07, 6.45) is 3.30. The topological polar surface area (TPSA) is 38.8 Å². The van der Waals surface area contributed by atoms with E-state index in [1.165, 1.54) is 0 Å². The van der Waals surface area contributed by atoms with Gasteiger partial charge in [-0.1, -0.05) is 26.0 Å². The average Bonchev–Trinajstić information content (AvgIpc) is 2.58. The van der Waals surface area contributed by atoms with Gasteiger partial charge in [-0.25, -0.2) is 0 Å². The second kappa shape index (κ2) is 9.30. The zero-order chi connectivity index (χ0) is 20.9. The van der Waals surface area contributed by atoms with E-state index in [1.54, 1.807) is 6.92 Å². The number of hydrogen-bond donors (Lipinski definition) is 0. The van der Waals surface area contributed by atoms with Gasteiger partial charge in [0.05, 0.1) is 11.7 Å². The molecule has 0 aromatic heterocycles. The number of ether oxygens (including phenoxy) is 2. The van der Waals surface area contributed by atoms with Gasteiger partial charge in [0.15, 0.2) is 0 Å². The Balaban J connectivity index is 2.04. The smallest absolute Gasteiger partial charge is 0.219 e. The van der Waals surface area contributed by atoms with Crippen LogP contribution in [0.2, 0.25) is 0 Å². The van der Waals surface area contributed by atoms with Crippen molar-refractivity contribution < 1.29 is 14.3 Å². The van der Waals surface area contributed by atoms with Gasteiger partial charge in [-0.2, -0.15) is 0 Å². The zero-order valence-corrected chi connectivity index (χ0v) is 18.9. The molecule has 1 aromatic carbocycles. The van der Waals surface area contributed by atoms with Gasteiger partial charge >= 0.3 is 0 Å². The van der Waals surface area contributed by atoms with Crippen LogP contribution >= 0.6 is 0 Å². The number of benzene rings is 1. The van der Waals surface area contributed by atoms with E-state index in [9.17, 15) is 4.79 Å². The molecule has 0 aliphatic carbocycles. The lowest BCUT2D eigenvalue weighted by molar-refractivity contribution is -0.134. The van der Waals surface area contributed by atoms with Crippen LogP contribution in [0.25, 0.3) is 0 Å². The molecule has 1 aliphatic rings. The largest absolute Gasteiger partial charge is 0.491 e. The normalized spacial score (nSPS) is 21.8. The van der Waals surface area contributed by atoms with E-state index in [0.717, 1.165) is 43.7 Å². The van der Waals surface area contributed by atoms with Crippen LogP contribution in [0.5, 0.6) is 5.75 Å². The average molecular weight is 390 g/mol. The van der Waals surface area contributed by atoms with Gasteiger partial charge in [0.1, 0.15) is 5.75 Å². The first-order valence-corrected chi connectivity index (χ1v) is 10.7. The number of amides is 1. The van der Waals surface area contributed by atoms with Gasteiger partial charge in [-0.15, -0.1) is 0 Å². The van der Waals surface area contributed by atoms with Gasteiger partial charge < -0.3 is 14.4 Å². The maximum Gasteiger partial charge on any atom is 0.219 e. The highest BCUT2D eigenvalue weighted by molar-refractivity contribution is 5.73. The van der Waals surface area contributed by atoms with Crippen LogP contribution < -0.4 is 4.74 Å². The molecule has 1 fully saturated rings. The number of nitrogens with zero attached hydrogens (tertiary/aromatic N) is 1. The zero-order valence-electron chi connectivity index (χ0n) is 18.9. The van der Waals surface area contributed by atoms with Crippen molar-refractivity contribution in [3.8, 4) is 5.75 Å². The summed E-state index contributed by atoms with van der Waals surface area (Å²) in [5, 5.41) is 0. The molecule has 4 heteroatoms. The second-order valence-electron chi connectivity index (χ2n) is 9.55. The van der Waals surface area contributed by atoms with E-state index < -0.39 is 0 Å². The van der Waals surface area contributed by atoms with Crippen LogP contribution in [0.4, 0.5) is 0 Å². The first kappa shape index (κ1) is 22.7. The fourth-order valence-electron chi connectivity index (χ4n) is 4.38. The summed E-state index contributed by atoms with van der Waals surface area (Å²) in [5.41, 5.74) is 1.28. The monoisotopic (exact) mass is 389 g/mol. The van der Waals surface area contributed by atoms with E-state index >= 15 is 0 Å². The van der Waals surface area contributed by atoms with E-state index in [-0.39, 0.29) is 23.0 Å². The Morgan fingerprint density at radius 2 is 1.82 bits per heavy atom. The van der Waals surface area contributed by atoms with E-state index in [0.29, 0.717) is 12.5 Å². The molecule has 1 amide bonds. The first-order chi connectivity index (χ1) is 13.0. The van der Waals surface area contributed by atoms with Crippen molar-refractivity contribution in [2.75, 3.05) is 13.2 Å². The summed E-state index contributed by atoms with van der Waals surface area (Å²) >= 11 is 0. The van der Waals surface area contributed by atoms with Crippen molar-refractivity contribution >= 4 is 5.91 Å². The van der Waals surface area contributed by atoms with Crippen LogP contribution in [0.1, 0.15) is 73.3 Å². The highest BCUT2D eigenvalue weighted by atomic mass is 16.5. The van der Waals surface area contributed by atoms with Crippen molar-refractivity contribution in [3.05, 3.63) is 29.8 Å². The van der Waals surface area contributed by atoms with Crippen molar-refractivity contribution in [2.24, 2.45) is 11.3 Å². The molecule has 28 heavy (non-hydrogen) atoms. The Bertz CT molecular complexity index is 636. The molecule has 0 spiro atoms. The molecule has 0 N–H and O–H groups in total. The molecule has 1 saturated heterocycles. The Hall–Kier alpha value is -1.55. The summed E-state index contributed by atoms with van der Waals surface area (Å²) in [6.45, 7) is 17.0. The third kappa shape index (κ3) is 6.23. The van der Waals surface area contributed by atoms with Gasteiger partial charge in [0, 0.05) is 26.6 Å². The van der Waals surface area contributed by atoms with Crippen LogP contribution in [0.3, 0.4) is 0 Å². The molecular formula is C24H39NO3. The van der Waals surface area contributed by atoms with E-state index in [1.807, 2.05) is 30.9 Å². The van der Waals surface area contributed by atoms with Crippen molar-refractivity contribution in [3.63, 3.8) is 0 Å². The maximum absolute atomic E-state index is 12.3. The minimum atomic E-state index is -0.0875. The molecule has 4 nitrogen and oxygen atoms in total. The highest BCUT2D eigenvalue weighted by Gasteiger charge is 2.42. The lowest BCUT2D eigenvalue weighted by Crippen LogP contribution is -2.46. The highest BCUT2D eigenvalue weighted by Crippen LogP contribution is 2.47.